The van der Waals surface area contributed by atoms with Gasteiger partial charge in [0.15, 0.2) is 5.76 Å². The van der Waals surface area contributed by atoms with Crippen molar-refractivity contribution in [2.75, 3.05) is 18.4 Å². The van der Waals surface area contributed by atoms with Crippen LogP contribution in [0.1, 0.15) is 54.8 Å². The van der Waals surface area contributed by atoms with Gasteiger partial charge in [-0.05, 0) is 57.6 Å². The van der Waals surface area contributed by atoms with E-state index in [1.54, 1.807) is 13.0 Å². The molecule has 1 aliphatic carbocycles. The number of sulfonamides is 1. The molecule has 29 heavy (non-hydrogen) atoms. The van der Waals surface area contributed by atoms with Gasteiger partial charge in [-0.3, -0.25) is 4.79 Å². The van der Waals surface area contributed by atoms with Gasteiger partial charge in [-0.25, -0.2) is 8.42 Å². The Labute approximate surface area is 171 Å². The molecule has 0 bridgehead atoms. The molecule has 2 aromatic rings. The number of aryl methyl sites for hydroxylation is 1. The largest absolute Gasteiger partial charge is 0.488 e. The Kier molecular flexibility index (Phi) is 5.65. The molecular formula is C21H26N2O5S. The predicted octanol–water partition coefficient (Wildman–Crippen LogP) is 3.95. The number of carbonyl (C=O) groups excluding carboxylic acids is 1. The molecule has 4 rings (SSSR count). The lowest BCUT2D eigenvalue weighted by molar-refractivity contribution is 0.0994. The van der Waals surface area contributed by atoms with Gasteiger partial charge >= 0.3 is 0 Å². The Morgan fingerprint density at radius 3 is 2.55 bits per heavy atom. The number of para-hydroxylation sites is 2. The Balaban J connectivity index is 1.53. The summed E-state index contributed by atoms with van der Waals surface area (Å²) in [4.78, 5) is 12.8. The van der Waals surface area contributed by atoms with Gasteiger partial charge in [0, 0.05) is 19.2 Å². The van der Waals surface area contributed by atoms with Crippen LogP contribution < -0.4 is 10.1 Å². The number of nitrogens with one attached hydrogen (secondary N) is 1. The minimum atomic E-state index is -3.64. The summed E-state index contributed by atoms with van der Waals surface area (Å²) in [5, 5.41) is 2.80. The molecule has 2 aliphatic rings. The van der Waals surface area contributed by atoms with Crippen LogP contribution >= 0.6 is 0 Å². The summed E-state index contributed by atoms with van der Waals surface area (Å²) < 4.78 is 38.6. The van der Waals surface area contributed by atoms with Crippen molar-refractivity contribution in [3.8, 4) is 5.75 Å². The van der Waals surface area contributed by atoms with Crippen LogP contribution in [0.3, 0.4) is 0 Å². The number of carbonyl (C=O) groups is 1. The van der Waals surface area contributed by atoms with Crippen LogP contribution in [-0.2, 0) is 10.0 Å². The molecule has 8 heteroatoms. The van der Waals surface area contributed by atoms with Crippen LogP contribution in [0.25, 0.3) is 0 Å². The average molecular weight is 419 g/mol. The zero-order valence-corrected chi connectivity index (χ0v) is 17.3. The first-order valence-corrected chi connectivity index (χ1v) is 11.6. The minimum absolute atomic E-state index is 0.0315. The van der Waals surface area contributed by atoms with Gasteiger partial charge in [0.1, 0.15) is 16.4 Å². The van der Waals surface area contributed by atoms with Crippen LogP contribution in [0.5, 0.6) is 5.75 Å². The zero-order chi connectivity index (χ0) is 20.4. The lowest BCUT2D eigenvalue weighted by Crippen LogP contribution is -2.28. The van der Waals surface area contributed by atoms with Gasteiger partial charge in [-0.1, -0.05) is 12.1 Å². The van der Waals surface area contributed by atoms with Crippen LogP contribution in [0, 0.1) is 6.92 Å². The van der Waals surface area contributed by atoms with Crippen LogP contribution in [0.2, 0.25) is 0 Å². The Morgan fingerprint density at radius 2 is 1.83 bits per heavy atom. The van der Waals surface area contributed by atoms with E-state index in [4.69, 9.17) is 9.15 Å². The molecule has 2 heterocycles. The van der Waals surface area contributed by atoms with Crippen LogP contribution in [0.15, 0.2) is 39.6 Å². The lowest BCUT2D eigenvalue weighted by atomic mass is 10.2. The van der Waals surface area contributed by atoms with Gasteiger partial charge in [-0.15, -0.1) is 0 Å². The summed E-state index contributed by atoms with van der Waals surface area (Å²) in [5.74, 6) is 0.299. The molecule has 1 N–H and O–H groups in total. The summed E-state index contributed by atoms with van der Waals surface area (Å²) >= 11 is 0. The SMILES string of the molecule is Cc1oc(C(=O)Nc2ccccc2OC2CCCC2)cc1S(=O)(=O)N1CCCC1. The smallest absolute Gasteiger partial charge is 0.291 e. The standard InChI is InChI=1S/C21H26N2O5S/c1-15-20(29(25,26)23-12-6-7-13-23)14-19(27-15)21(24)22-17-10-4-5-11-18(17)28-16-8-2-3-9-16/h4-5,10-11,14,16H,2-3,6-9,12-13H2,1H3,(H,22,24). The Hall–Kier alpha value is -2.32. The number of benzene rings is 1. The summed E-state index contributed by atoms with van der Waals surface area (Å²) in [6.45, 7) is 2.57. The van der Waals surface area contributed by atoms with E-state index in [2.05, 4.69) is 5.32 Å². The van der Waals surface area contributed by atoms with Gasteiger partial charge in [0.2, 0.25) is 10.0 Å². The molecule has 0 unspecified atom stereocenters. The van der Waals surface area contributed by atoms with Crippen molar-refractivity contribution in [3.05, 3.63) is 41.9 Å². The molecular weight excluding hydrogens is 392 g/mol. The summed E-state index contributed by atoms with van der Waals surface area (Å²) in [5.41, 5.74) is 0.544. The van der Waals surface area contributed by atoms with Crippen molar-refractivity contribution in [2.24, 2.45) is 0 Å². The normalized spacial score (nSPS) is 18.2. The quantitative estimate of drug-likeness (QED) is 0.767. The van der Waals surface area contributed by atoms with Crippen molar-refractivity contribution in [2.45, 2.75) is 56.4 Å². The molecule has 1 saturated heterocycles. The summed E-state index contributed by atoms with van der Waals surface area (Å²) in [6.07, 6.45) is 6.19. The van der Waals surface area contributed by atoms with E-state index in [9.17, 15) is 13.2 Å². The molecule has 0 atom stereocenters. The molecule has 1 saturated carbocycles. The van der Waals surface area contributed by atoms with Gasteiger partial charge in [0.25, 0.3) is 5.91 Å². The second-order valence-electron chi connectivity index (χ2n) is 7.62. The highest BCUT2D eigenvalue weighted by Crippen LogP contribution is 2.31. The van der Waals surface area contributed by atoms with E-state index < -0.39 is 15.9 Å². The minimum Gasteiger partial charge on any atom is -0.488 e. The molecule has 7 nitrogen and oxygen atoms in total. The fraction of sp³-hybridized carbons (Fsp3) is 0.476. The molecule has 0 radical (unpaired) electrons. The van der Waals surface area contributed by atoms with E-state index in [-0.39, 0.29) is 22.5 Å². The number of hydrogen-bond acceptors (Lipinski definition) is 5. The maximum atomic E-state index is 12.8. The number of amides is 1. The van der Waals surface area contributed by atoms with E-state index in [1.807, 2.05) is 18.2 Å². The van der Waals surface area contributed by atoms with Crippen molar-refractivity contribution < 1.29 is 22.4 Å². The number of nitrogens with zero attached hydrogens (tertiary/aromatic N) is 1. The van der Waals surface area contributed by atoms with Crippen LogP contribution in [-0.4, -0.2) is 37.8 Å². The number of furan rings is 1. The second-order valence-corrected chi connectivity index (χ2v) is 9.52. The fourth-order valence-corrected chi connectivity index (χ4v) is 5.62. The number of anilines is 1. The van der Waals surface area contributed by atoms with Crippen molar-refractivity contribution in [1.82, 2.24) is 4.31 Å². The average Bonchev–Trinajstić information content (AvgIpc) is 3.45. The summed E-state index contributed by atoms with van der Waals surface area (Å²) in [7, 11) is -3.64. The van der Waals surface area contributed by atoms with Crippen molar-refractivity contribution in [3.63, 3.8) is 0 Å². The highest BCUT2D eigenvalue weighted by atomic mass is 32.2. The maximum absolute atomic E-state index is 12.8. The zero-order valence-electron chi connectivity index (χ0n) is 16.5. The molecule has 1 aromatic heterocycles. The third-order valence-corrected chi connectivity index (χ3v) is 7.52. The Bertz CT molecular complexity index is 986. The maximum Gasteiger partial charge on any atom is 0.291 e. The second kappa shape index (κ2) is 8.20. The van der Waals surface area contributed by atoms with Crippen LogP contribution in [0.4, 0.5) is 5.69 Å². The van der Waals surface area contributed by atoms with Crippen molar-refractivity contribution >= 4 is 21.6 Å². The Morgan fingerprint density at radius 1 is 1.14 bits per heavy atom. The molecule has 1 aliphatic heterocycles. The van der Waals surface area contributed by atoms with Gasteiger partial charge in [0.05, 0.1) is 11.8 Å². The predicted molar refractivity (Wildman–Crippen MR) is 109 cm³/mol. The fourth-order valence-electron chi connectivity index (χ4n) is 3.94. The summed E-state index contributed by atoms with van der Waals surface area (Å²) in [6, 6.07) is 8.58. The first-order valence-electron chi connectivity index (χ1n) is 10.1. The highest BCUT2D eigenvalue weighted by Gasteiger charge is 2.32. The highest BCUT2D eigenvalue weighted by molar-refractivity contribution is 7.89. The number of hydrogen-bond donors (Lipinski definition) is 1. The molecule has 2 fully saturated rings. The van der Waals surface area contributed by atoms with Gasteiger partial charge < -0.3 is 14.5 Å². The molecule has 0 spiro atoms. The van der Waals surface area contributed by atoms with E-state index >= 15 is 0 Å². The lowest BCUT2D eigenvalue weighted by Gasteiger charge is -2.16. The van der Waals surface area contributed by atoms with Gasteiger partial charge in [-0.2, -0.15) is 4.31 Å². The third kappa shape index (κ3) is 4.18. The third-order valence-electron chi connectivity index (χ3n) is 5.51. The number of rotatable bonds is 6. The first-order chi connectivity index (χ1) is 13.9. The first kappa shape index (κ1) is 20.0. The van der Waals surface area contributed by atoms with Crippen molar-refractivity contribution in [1.29, 1.82) is 0 Å². The topological polar surface area (TPSA) is 88.8 Å². The number of ether oxygens (including phenoxy) is 1. The molecule has 1 aromatic carbocycles. The monoisotopic (exact) mass is 418 g/mol. The van der Waals surface area contributed by atoms with E-state index in [0.717, 1.165) is 38.5 Å². The molecule has 1 amide bonds. The van der Waals surface area contributed by atoms with E-state index in [1.165, 1.54) is 10.4 Å². The molecule has 156 valence electrons. The van der Waals surface area contributed by atoms with E-state index in [0.29, 0.717) is 24.5 Å².